The van der Waals surface area contributed by atoms with E-state index in [0.717, 1.165) is 33.7 Å². The standard InChI is InChI=1S/C26H21N5O/c1-18-27-13-14-31(18)17-19-7-6-8-20(15-19)29-26(32)22-16-25(24-11-4-5-12-28-24)30-23-10-3-2-9-21(22)23/h2-16H,17H2,1H3,(H,29,32). The fraction of sp³-hybridized carbons (Fsp3) is 0.0769. The lowest BCUT2D eigenvalue weighted by atomic mass is 10.1. The van der Waals surface area contributed by atoms with E-state index in [1.807, 2.05) is 79.9 Å². The number of hydrogen-bond acceptors (Lipinski definition) is 4. The summed E-state index contributed by atoms with van der Waals surface area (Å²) >= 11 is 0. The molecule has 0 bridgehead atoms. The molecule has 1 amide bonds. The average Bonchev–Trinajstić information content (AvgIpc) is 3.23. The Kier molecular flexibility index (Phi) is 5.17. The maximum atomic E-state index is 13.3. The van der Waals surface area contributed by atoms with Crippen molar-refractivity contribution in [2.75, 3.05) is 5.32 Å². The van der Waals surface area contributed by atoms with Crippen molar-refractivity contribution in [2.24, 2.45) is 0 Å². The summed E-state index contributed by atoms with van der Waals surface area (Å²) in [6.07, 6.45) is 5.46. The molecule has 0 radical (unpaired) electrons. The van der Waals surface area contributed by atoms with Gasteiger partial charge < -0.3 is 9.88 Å². The van der Waals surface area contributed by atoms with Crippen LogP contribution in [-0.4, -0.2) is 25.4 Å². The molecule has 6 heteroatoms. The third-order valence-corrected chi connectivity index (χ3v) is 5.35. The Morgan fingerprint density at radius 2 is 1.78 bits per heavy atom. The first-order valence-corrected chi connectivity index (χ1v) is 10.4. The lowest BCUT2D eigenvalue weighted by Gasteiger charge is -2.12. The monoisotopic (exact) mass is 419 g/mol. The summed E-state index contributed by atoms with van der Waals surface area (Å²) in [4.78, 5) is 26.7. The molecule has 3 heterocycles. The molecule has 32 heavy (non-hydrogen) atoms. The van der Waals surface area contributed by atoms with Crippen molar-refractivity contribution >= 4 is 22.5 Å². The van der Waals surface area contributed by atoms with Gasteiger partial charge in [-0.2, -0.15) is 0 Å². The lowest BCUT2D eigenvalue weighted by Crippen LogP contribution is -2.13. The fourth-order valence-corrected chi connectivity index (χ4v) is 3.72. The minimum absolute atomic E-state index is 0.184. The molecule has 0 unspecified atom stereocenters. The predicted octanol–water partition coefficient (Wildman–Crippen LogP) is 5.10. The summed E-state index contributed by atoms with van der Waals surface area (Å²) in [5, 5.41) is 3.85. The second-order valence-electron chi connectivity index (χ2n) is 7.54. The van der Waals surface area contributed by atoms with Gasteiger partial charge in [0.15, 0.2) is 0 Å². The predicted molar refractivity (Wildman–Crippen MR) is 125 cm³/mol. The number of fused-ring (bicyclic) bond motifs is 1. The number of benzene rings is 2. The number of rotatable bonds is 5. The number of nitrogens with zero attached hydrogens (tertiary/aromatic N) is 4. The third kappa shape index (κ3) is 3.98. The molecule has 5 rings (SSSR count). The van der Waals surface area contributed by atoms with Crippen molar-refractivity contribution in [2.45, 2.75) is 13.5 Å². The first-order valence-electron chi connectivity index (χ1n) is 10.4. The van der Waals surface area contributed by atoms with Crippen LogP contribution < -0.4 is 5.32 Å². The van der Waals surface area contributed by atoms with Crippen LogP contribution in [0.4, 0.5) is 5.69 Å². The van der Waals surface area contributed by atoms with Crippen molar-refractivity contribution in [1.82, 2.24) is 19.5 Å². The number of para-hydroxylation sites is 1. The molecule has 0 saturated heterocycles. The van der Waals surface area contributed by atoms with Crippen LogP contribution in [0.15, 0.2) is 91.4 Å². The van der Waals surface area contributed by atoms with E-state index in [1.54, 1.807) is 18.5 Å². The maximum absolute atomic E-state index is 13.3. The molecule has 3 aromatic heterocycles. The molecular formula is C26H21N5O. The number of amides is 1. The van der Waals surface area contributed by atoms with Gasteiger partial charge >= 0.3 is 0 Å². The number of aromatic nitrogens is 4. The Balaban J connectivity index is 1.48. The van der Waals surface area contributed by atoms with Gasteiger partial charge in [0.2, 0.25) is 0 Å². The molecule has 2 aromatic carbocycles. The van der Waals surface area contributed by atoms with Gasteiger partial charge in [-0.05, 0) is 48.9 Å². The Hall–Kier alpha value is -4.32. The van der Waals surface area contributed by atoms with Crippen molar-refractivity contribution < 1.29 is 4.79 Å². The number of carbonyl (C=O) groups is 1. The molecule has 0 aliphatic heterocycles. The van der Waals surface area contributed by atoms with E-state index in [-0.39, 0.29) is 5.91 Å². The summed E-state index contributed by atoms with van der Waals surface area (Å²) in [5.41, 5.74) is 4.53. The van der Waals surface area contributed by atoms with E-state index in [0.29, 0.717) is 17.8 Å². The number of anilines is 1. The summed E-state index contributed by atoms with van der Waals surface area (Å²) in [6, 6.07) is 23.0. The second kappa shape index (κ2) is 8.43. The zero-order valence-corrected chi connectivity index (χ0v) is 17.6. The zero-order valence-electron chi connectivity index (χ0n) is 17.6. The van der Waals surface area contributed by atoms with E-state index in [9.17, 15) is 4.79 Å². The zero-order chi connectivity index (χ0) is 21.9. The van der Waals surface area contributed by atoms with Gasteiger partial charge in [-0.3, -0.25) is 9.78 Å². The highest BCUT2D eigenvalue weighted by Gasteiger charge is 2.15. The molecule has 0 aliphatic rings. The van der Waals surface area contributed by atoms with E-state index >= 15 is 0 Å². The van der Waals surface area contributed by atoms with Crippen LogP contribution in [-0.2, 0) is 6.54 Å². The van der Waals surface area contributed by atoms with Gasteiger partial charge in [0.1, 0.15) is 5.82 Å². The summed E-state index contributed by atoms with van der Waals surface area (Å²) < 4.78 is 2.07. The van der Waals surface area contributed by atoms with E-state index in [2.05, 4.69) is 19.9 Å². The highest BCUT2D eigenvalue weighted by Crippen LogP contribution is 2.25. The van der Waals surface area contributed by atoms with E-state index in [1.165, 1.54) is 0 Å². The first kappa shape index (κ1) is 19.6. The molecule has 0 saturated carbocycles. The number of nitrogens with one attached hydrogen (secondary N) is 1. The Bertz CT molecular complexity index is 1410. The molecule has 156 valence electrons. The van der Waals surface area contributed by atoms with Crippen molar-refractivity contribution in [3.8, 4) is 11.4 Å². The minimum atomic E-state index is -0.184. The Morgan fingerprint density at radius 1 is 0.906 bits per heavy atom. The molecule has 1 N–H and O–H groups in total. The van der Waals surface area contributed by atoms with Gasteiger partial charge in [-0.25, -0.2) is 9.97 Å². The second-order valence-corrected chi connectivity index (χ2v) is 7.54. The fourth-order valence-electron chi connectivity index (χ4n) is 3.72. The van der Waals surface area contributed by atoms with Crippen LogP contribution in [0.25, 0.3) is 22.3 Å². The number of imidazole rings is 1. The molecule has 0 fully saturated rings. The molecule has 0 aliphatic carbocycles. The Labute approximate surface area is 185 Å². The van der Waals surface area contributed by atoms with E-state index < -0.39 is 0 Å². The molecule has 0 spiro atoms. The van der Waals surface area contributed by atoms with Crippen LogP contribution in [0.5, 0.6) is 0 Å². The molecule has 6 nitrogen and oxygen atoms in total. The highest BCUT2D eigenvalue weighted by molar-refractivity contribution is 6.13. The topological polar surface area (TPSA) is 72.7 Å². The number of aryl methyl sites for hydroxylation is 1. The molecule has 0 atom stereocenters. The smallest absolute Gasteiger partial charge is 0.256 e. The van der Waals surface area contributed by atoms with Gasteiger partial charge in [-0.1, -0.05) is 36.4 Å². The van der Waals surface area contributed by atoms with E-state index in [4.69, 9.17) is 4.98 Å². The lowest BCUT2D eigenvalue weighted by molar-refractivity contribution is 0.102. The molecule has 5 aromatic rings. The van der Waals surface area contributed by atoms with Crippen LogP contribution in [0.1, 0.15) is 21.7 Å². The van der Waals surface area contributed by atoms with Crippen LogP contribution >= 0.6 is 0 Å². The van der Waals surface area contributed by atoms with Crippen LogP contribution in [0.2, 0.25) is 0 Å². The largest absolute Gasteiger partial charge is 0.331 e. The first-order chi connectivity index (χ1) is 15.7. The normalized spacial score (nSPS) is 10.9. The quantitative estimate of drug-likeness (QED) is 0.430. The number of carbonyl (C=O) groups excluding carboxylic acids is 1. The number of hydrogen-bond donors (Lipinski definition) is 1. The van der Waals surface area contributed by atoms with Gasteiger partial charge in [0.05, 0.1) is 22.5 Å². The third-order valence-electron chi connectivity index (χ3n) is 5.35. The van der Waals surface area contributed by atoms with Gasteiger partial charge in [-0.15, -0.1) is 0 Å². The summed E-state index contributed by atoms with van der Waals surface area (Å²) in [6.45, 7) is 2.66. The van der Waals surface area contributed by atoms with Gasteiger partial charge in [0, 0.05) is 36.2 Å². The average molecular weight is 419 g/mol. The number of pyridine rings is 2. The maximum Gasteiger partial charge on any atom is 0.256 e. The summed E-state index contributed by atoms with van der Waals surface area (Å²) in [7, 11) is 0. The SMILES string of the molecule is Cc1nccn1Cc1cccc(NC(=O)c2cc(-c3ccccn3)nc3ccccc23)c1. The Morgan fingerprint density at radius 3 is 2.59 bits per heavy atom. The van der Waals surface area contributed by atoms with Crippen LogP contribution in [0, 0.1) is 6.92 Å². The van der Waals surface area contributed by atoms with Crippen molar-refractivity contribution in [3.05, 3.63) is 108 Å². The van der Waals surface area contributed by atoms with Crippen LogP contribution in [0.3, 0.4) is 0 Å². The minimum Gasteiger partial charge on any atom is -0.331 e. The highest BCUT2D eigenvalue weighted by atomic mass is 16.1. The molecular weight excluding hydrogens is 398 g/mol. The van der Waals surface area contributed by atoms with Crippen molar-refractivity contribution in [1.29, 1.82) is 0 Å². The van der Waals surface area contributed by atoms with Crippen molar-refractivity contribution in [3.63, 3.8) is 0 Å². The van der Waals surface area contributed by atoms with Gasteiger partial charge in [0.25, 0.3) is 5.91 Å². The summed E-state index contributed by atoms with van der Waals surface area (Å²) in [5.74, 6) is 0.765.